The molecular weight excluding hydrogens is 356 g/mol. The first-order valence-corrected chi connectivity index (χ1v) is 8.53. The summed E-state index contributed by atoms with van der Waals surface area (Å²) in [5, 5.41) is 8.55. The molecule has 2 amide bonds. The zero-order chi connectivity index (χ0) is 19.7. The van der Waals surface area contributed by atoms with Crippen LogP contribution in [0.1, 0.15) is 20.3 Å². The second-order valence-electron chi connectivity index (χ2n) is 6.03. The van der Waals surface area contributed by atoms with E-state index in [0.717, 1.165) is 0 Å². The number of hydrogen-bond donors (Lipinski definition) is 4. The standard InChI is InChI=1S/C17H26N4O4S/c1-10(2)7-13(16(18)23)20-15(22)9-19-17(26)21-12-8-11(24-3)5-6-14(12)25-4/h5-6,8,10,13H,7,9H2,1-4H3,(H2,18,23)(H,20,22)(H2,19,21,26). The average Bonchev–Trinajstić information content (AvgIpc) is 2.58. The molecule has 0 spiro atoms. The number of carbonyl (C=O) groups excluding carboxylic acids is 2. The van der Waals surface area contributed by atoms with Gasteiger partial charge in [0, 0.05) is 6.07 Å². The lowest BCUT2D eigenvalue weighted by Gasteiger charge is -2.18. The second kappa shape index (κ2) is 10.4. The maximum Gasteiger partial charge on any atom is 0.240 e. The first kappa shape index (κ1) is 21.5. The third kappa shape index (κ3) is 7.14. The normalized spacial score (nSPS) is 11.4. The number of ether oxygens (including phenoxy) is 2. The fourth-order valence-corrected chi connectivity index (χ4v) is 2.38. The molecule has 144 valence electrons. The molecule has 0 saturated carbocycles. The molecule has 1 rings (SSSR count). The van der Waals surface area contributed by atoms with E-state index in [1.54, 1.807) is 25.3 Å². The monoisotopic (exact) mass is 382 g/mol. The second-order valence-corrected chi connectivity index (χ2v) is 6.43. The van der Waals surface area contributed by atoms with Crippen LogP contribution in [0.4, 0.5) is 5.69 Å². The Labute approximate surface area is 158 Å². The number of carbonyl (C=O) groups is 2. The van der Waals surface area contributed by atoms with Crippen LogP contribution in [0.2, 0.25) is 0 Å². The van der Waals surface area contributed by atoms with Gasteiger partial charge in [0.2, 0.25) is 11.8 Å². The van der Waals surface area contributed by atoms with Gasteiger partial charge in [-0.15, -0.1) is 0 Å². The van der Waals surface area contributed by atoms with Crippen molar-refractivity contribution in [1.29, 1.82) is 0 Å². The SMILES string of the molecule is COc1ccc(OC)c(NC(=S)NCC(=O)NC(CC(C)C)C(N)=O)c1. The number of methoxy groups -OCH3 is 2. The van der Waals surface area contributed by atoms with Gasteiger partial charge in [-0.2, -0.15) is 0 Å². The van der Waals surface area contributed by atoms with E-state index in [2.05, 4.69) is 16.0 Å². The van der Waals surface area contributed by atoms with Crippen LogP contribution >= 0.6 is 12.2 Å². The summed E-state index contributed by atoms with van der Waals surface area (Å²) >= 11 is 5.19. The van der Waals surface area contributed by atoms with E-state index >= 15 is 0 Å². The minimum Gasteiger partial charge on any atom is -0.497 e. The molecule has 5 N–H and O–H groups in total. The van der Waals surface area contributed by atoms with Crippen LogP contribution in [0.15, 0.2) is 18.2 Å². The number of primary amides is 1. The zero-order valence-electron chi connectivity index (χ0n) is 15.4. The highest BCUT2D eigenvalue weighted by molar-refractivity contribution is 7.80. The first-order chi connectivity index (χ1) is 12.3. The summed E-state index contributed by atoms with van der Waals surface area (Å²) in [4.78, 5) is 23.4. The molecule has 0 aromatic heterocycles. The molecule has 26 heavy (non-hydrogen) atoms. The first-order valence-electron chi connectivity index (χ1n) is 8.12. The molecule has 0 heterocycles. The Hall–Kier alpha value is -2.55. The minimum atomic E-state index is -0.704. The van der Waals surface area contributed by atoms with Crippen molar-refractivity contribution < 1.29 is 19.1 Å². The number of nitrogens with one attached hydrogen (secondary N) is 3. The molecule has 0 bridgehead atoms. The van der Waals surface area contributed by atoms with Crippen LogP contribution in [0.5, 0.6) is 11.5 Å². The van der Waals surface area contributed by atoms with E-state index in [1.165, 1.54) is 7.11 Å². The Kier molecular flexibility index (Phi) is 8.63. The maximum atomic E-state index is 12.0. The molecule has 1 unspecified atom stereocenters. The predicted octanol–water partition coefficient (Wildman–Crippen LogP) is 1.01. The molecule has 0 fully saturated rings. The summed E-state index contributed by atoms with van der Waals surface area (Å²) in [5.41, 5.74) is 5.91. The van der Waals surface area contributed by atoms with Crippen LogP contribution < -0.4 is 31.2 Å². The Morgan fingerprint density at radius 2 is 1.92 bits per heavy atom. The van der Waals surface area contributed by atoms with Crippen LogP contribution in [0, 0.1) is 5.92 Å². The van der Waals surface area contributed by atoms with Gasteiger partial charge in [0.1, 0.15) is 17.5 Å². The van der Waals surface area contributed by atoms with Crippen molar-refractivity contribution in [3.8, 4) is 11.5 Å². The van der Waals surface area contributed by atoms with Gasteiger partial charge in [-0.1, -0.05) is 13.8 Å². The Bertz CT molecular complexity index is 652. The summed E-state index contributed by atoms with van der Waals surface area (Å²) in [5.74, 6) is 0.492. The summed E-state index contributed by atoms with van der Waals surface area (Å²) in [6.45, 7) is 3.79. The number of rotatable bonds is 9. The highest BCUT2D eigenvalue weighted by Gasteiger charge is 2.19. The van der Waals surface area contributed by atoms with Crippen LogP contribution in [0.3, 0.4) is 0 Å². The van der Waals surface area contributed by atoms with E-state index in [4.69, 9.17) is 27.4 Å². The third-order valence-corrected chi connectivity index (χ3v) is 3.70. The van der Waals surface area contributed by atoms with Crippen molar-refractivity contribution in [3.05, 3.63) is 18.2 Å². The Morgan fingerprint density at radius 3 is 2.46 bits per heavy atom. The zero-order valence-corrected chi connectivity index (χ0v) is 16.2. The van der Waals surface area contributed by atoms with Crippen molar-refractivity contribution in [2.24, 2.45) is 11.7 Å². The largest absolute Gasteiger partial charge is 0.497 e. The molecule has 0 aliphatic heterocycles. The van der Waals surface area contributed by atoms with Gasteiger partial charge in [-0.3, -0.25) is 9.59 Å². The quantitative estimate of drug-likeness (QED) is 0.471. The minimum absolute atomic E-state index is 0.0972. The van der Waals surface area contributed by atoms with E-state index in [1.807, 2.05) is 13.8 Å². The molecule has 1 atom stereocenters. The predicted molar refractivity (Wildman–Crippen MR) is 104 cm³/mol. The molecule has 8 nitrogen and oxygen atoms in total. The van der Waals surface area contributed by atoms with Gasteiger partial charge >= 0.3 is 0 Å². The topological polar surface area (TPSA) is 115 Å². The fraction of sp³-hybridized carbons (Fsp3) is 0.471. The number of anilines is 1. The van der Waals surface area contributed by atoms with E-state index in [-0.39, 0.29) is 23.5 Å². The highest BCUT2D eigenvalue weighted by atomic mass is 32.1. The van der Waals surface area contributed by atoms with Crippen LogP contribution in [-0.2, 0) is 9.59 Å². The number of amides is 2. The molecule has 0 saturated heterocycles. The molecule has 0 radical (unpaired) electrons. The van der Waals surface area contributed by atoms with Gasteiger partial charge in [0.25, 0.3) is 0 Å². The molecule has 0 aliphatic carbocycles. The third-order valence-electron chi connectivity index (χ3n) is 3.45. The Balaban J connectivity index is 2.58. The number of benzene rings is 1. The van der Waals surface area contributed by atoms with E-state index in [9.17, 15) is 9.59 Å². The van der Waals surface area contributed by atoms with Crippen molar-refractivity contribution in [2.45, 2.75) is 26.3 Å². The lowest BCUT2D eigenvalue weighted by Crippen LogP contribution is -2.48. The summed E-state index contributed by atoms with van der Waals surface area (Å²) in [6.07, 6.45) is 0.477. The van der Waals surface area contributed by atoms with Crippen LogP contribution in [-0.4, -0.2) is 43.7 Å². The van der Waals surface area contributed by atoms with Gasteiger partial charge < -0.3 is 31.2 Å². The van der Waals surface area contributed by atoms with Crippen molar-refractivity contribution in [3.63, 3.8) is 0 Å². The fourth-order valence-electron chi connectivity index (χ4n) is 2.20. The molecule has 1 aromatic rings. The molecule has 0 aliphatic rings. The van der Waals surface area contributed by atoms with Crippen molar-refractivity contribution >= 4 is 34.8 Å². The highest BCUT2D eigenvalue weighted by Crippen LogP contribution is 2.28. The van der Waals surface area contributed by atoms with Gasteiger partial charge in [-0.25, -0.2) is 0 Å². The maximum absolute atomic E-state index is 12.0. The molecule has 1 aromatic carbocycles. The number of hydrogen-bond acceptors (Lipinski definition) is 5. The molecular formula is C17H26N4O4S. The number of nitrogens with two attached hydrogens (primary N) is 1. The van der Waals surface area contributed by atoms with E-state index < -0.39 is 11.9 Å². The van der Waals surface area contributed by atoms with E-state index in [0.29, 0.717) is 23.6 Å². The van der Waals surface area contributed by atoms with Gasteiger partial charge in [0.15, 0.2) is 5.11 Å². The smallest absolute Gasteiger partial charge is 0.240 e. The Morgan fingerprint density at radius 1 is 1.23 bits per heavy atom. The average molecular weight is 382 g/mol. The number of thiocarbonyl (C=S) groups is 1. The summed E-state index contributed by atoms with van der Waals surface area (Å²) in [7, 11) is 3.09. The summed E-state index contributed by atoms with van der Waals surface area (Å²) < 4.78 is 10.4. The van der Waals surface area contributed by atoms with Crippen molar-refractivity contribution in [2.75, 3.05) is 26.1 Å². The van der Waals surface area contributed by atoms with Gasteiger partial charge in [-0.05, 0) is 36.7 Å². The lowest BCUT2D eigenvalue weighted by atomic mass is 10.0. The van der Waals surface area contributed by atoms with Gasteiger partial charge in [0.05, 0.1) is 26.5 Å². The van der Waals surface area contributed by atoms with Crippen molar-refractivity contribution in [1.82, 2.24) is 10.6 Å². The summed E-state index contributed by atoms with van der Waals surface area (Å²) in [6, 6.07) is 4.51. The molecule has 9 heteroatoms. The lowest BCUT2D eigenvalue weighted by molar-refractivity contribution is -0.127. The van der Waals surface area contributed by atoms with Crippen LogP contribution in [0.25, 0.3) is 0 Å².